The zero-order valence-electron chi connectivity index (χ0n) is 6.59. The predicted molar refractivity (Wildman–Crippen MR) is 39.7 cm³/mol. The van der Waals surface area contributed by atoms with E-state index >= 15 is 0 Å². The molecule has 1 fully saturated rings. The summed E-state index contributed by atoms with van der Waals surface area (Å²) in [6.45, 7) is 2.14. The SMILES string of the molecule is CC(=O)N1C[C@H](N)C[C@@H](F)C1. The number of likely N-dealkylation sites (tertiary alicyclic amines) is 1. The van der Waals surface area contributed by atoms with Crippen molar-refractivity contribution >= 4 is 5.91 Å². The molecule has 0 spiro atoms. The van der Waals surface area contributed by atoms with Crippen molar-refractivity contribution < 1.29 is 9.18 Å². The van der Waals surface area contributed by atoms with E-state index < -0.39 is 6.17 Å². The summed E-state index contributed by atoms with van der Waals surface area (Å²) in [4.78, 5) is 12.3. The summed E-state index contributed by atoms with van der Waals surface area (Å²) >= 11 is 0. The average Bonchev–Trinajstić information content (AvgIpc) is 1.85. The van der Waals surface area contributed by atoms with Crippen molar-refractivity contribution in [3.05, 3.63) is 0 Å². The van der Waals surface area contributed by atoms with Crippen LogP contribution in [-0.4, -0.2) is 36.1 Å². The highest BCUT2D eigenvalue weighted by molar-refractivity contribution is 5.73. The predicted octanol–water partition coefficient (Wildman–Crippen LogP) is -0.0960. The highest BCUT2D eigenvalue weighted by Crippen LogP contribution is 2.11. The van der Waals surface area contributed by atoms with Crippen LogP contribution in [0.5, 0.6) is 0 Å². The summed E-state index contributed by atoms with van der Waals surface area (Å²) in [5.74, 6) is -0.0946. The number of halogens is 1. The maximum Gasteiger partial charge on any atom is 0.219 e. The number of amides is 1. The standard InChI is InChI=1S/C7H13FN2O/c1-5(11)10-3-6(8)2-7(9)4-10/h6-7H,2-4,9H2,1H3/t6-,7-/m1/s1. The maximum atomic E-state index is 12.8. The second-order valence-corrected chi connectivity index (χ2v) is 3.02. The third-order valence-corrected chi connectivity index (χ3v) is 1.88. The minimum Gasteiger partial charge on any atom is -0.338 e. The molecule has 1 aliphatic rings. The minimum absolute atomic E-state index is 0.0946. The lowest BCUT2D eigenvalue weighted by Crippen LogP contribution is -2.49. The maximum absolute atomic E-state index is 12.8. The molecule has 11 heavy (non-hydrogen) atoms. The molecule has 0 aromatic rings. The second-order valence-electron chi connectivity index (χ2n) is 3.02. The Hall–Kier alpha value is -0.640. The van der Waals surface area contributed by atoms with Gasteiger partial charge in [-0.25, -0.2) is 4.39 Å². The first-order chi connectivity index (χ1) is 5.09. The van der Waals surface area contributed by atoms with E-state index in [1.807, 2.05) is 0 Å². The van der Waals surface area contributed by atoms with Crippen LogP contribution in [0.1, 0.15) is 13.3 Å². The van der Waals surface area contributed by atoms with E-state index in [4.69, 9.17) is 5.73 Å². The van der Waals surface area contributed by atoms with E-state index in [2.05, 4.69) is 0 Å². The van der Waals surface area contributed by atoms with Crippen molar-refractivity contribution in [1.29, 1.82) is 0 Å². The number of alkyl halides is 1. The van der Waals surface area contributed by atoms with Crippen LogP contribution >= 0.6 is 0 Å². The molecule has 2 N–H and O–H groups in total. The third-order valence-electron chi connectivity index (χ3n) is 1.88. The first-order valence-corrected chi connectivity index (χ1v) is 3.74. The van der Waals surface area contributed by atoms with Gasteiger partial charge in [0.25, 0.3) is 0 Å². The van der Waals surface area contributed by atoms with Gasteiger partial charge in [-0.1, -0.05) is 0 Å². The van der Waals surface area contributed by atoms with E-state index in [1.54, 1.807) is 0 Å². The molecule has 3 nitrogen and oxygen atoms in total. The Morgan fingerprint density at radius 1 is 1.64 bits per heavy atom. The highest BCUT2D eigenvalue weighted by Gasteiger charge is 2.25. The van der Waals surface area contributed by atoms with Gasteiger partial charge in [0.1, 0.15) is 6.17 Å². The molecular weight excluding hydrogens is 147 g/mol. The highest BCUT2D eigenvalue weighted by atomic mass is 19.1. The Kier molecular flexibility index (Phi) is 2.44. The quantitative estimate of drug-likeness (QED) is 0.538. The van der Waals surface area contributed by atoms with Crippen LogP contribution in [0.3, 0.4) is 0 Å². The van der Waals surface area contributed by atoms with E-state index in [1.165, 1.54) is 11.8 Å². The van der Waals surface area contributed by atoms with E-state index in [9.17, 15) is 9.18 Å². The molecule has 1 amide bonds. The van der Waals surface area contributed by atoms with Gasteiger partial charge in [-0.15, -0.1) is 0 Å². The fraction of sp³-hybridized carbons (Fsp3) is 0.857. The molecule has 1 rings (SSSR count). The van der Waals surface area contributed by atoms with Crippen molar-refractivity contribution in [3.63, 3.8) is 0 Å². The lowest BCUT2D eigenvalue weighted by atomic mass is 10.1. The van der Waals surface area contributed by atoms with Crippen LogP contribution in [0.25, 0.3) is 0 Å². The third kappa shape index (κ3) is 2.15. The molecule has 4 heteroatoms. The van der Waals surface area contributed by atoms with Gasteiger partial charge in [0.2, 0.25) is 5.91 Å². The molecule has 0 bridgehead atoms. The largest absolute Gasteiger partial charge is 0.338 e. The van der Waals surface area contributed by atoms with Crippen molar-refractivity contribution in [2.75, 3.05) is 13.1 Å². The fourth-order valence-corrected chi connectivity index (χ4v) is 1.33. The molecular formula is C7H13FN2O. The monoisotopic (exact) mass is 160 g/mol. The van der Waals surface area contributed by atoms with Crippen molar-refractivity contribution in [2.24, 2.45) is 5.73 Å². The van der Waals surface area contributed by atoms with E-state index in [0.717, 1.165) is 0 Å². The van der Waals surface area contributed by atoms with E-state index in [0.29, 0.717) is 13.0 Å². The number of carbonyl (C=O) groups excluding carboxylic acids is 1. The van der Waals surface area contributed by atoms with Crippen molar-refractivity contribution in [3.8, 4) is 0 Å². The van der Waals surface area contributed by atoms with Crippen LogP contribution in [0.4, 0.5) is 4.39 Å². The number of piperidine rings is 1. The number of nitrogens with two attached hydrogens (primary N) is 1. The zero-order valence-corrected chi connectivity index (χ0v) is 6.59. The Morgan fingerprint density at radius 2 is 2.27 bits per heavy atom. The minimum atomic E-state index is -0.942. The van der Waals surface area contributed by atoms with Gasteiger partial charge in [-0.2, -0.15) is 0 Å². The van der Waals surface area contributed by atoms with Gasteiger partial charge in [0.15, 0.2) is 0 Å². The summed E-state index contributed by atoms with van der Waals surface area (Å²) in [5, 5.41) is 0. The number of hydrogen-bond acceptors (Lipinski definition) is 2. The second kappa shape index (κ2) is 3.17. The van der Waals surface area contributed by atoms with E-state index in [-0.39, 0.29) is 18.5 Å². The number of carbonyl (C=O) groups is 1. The topological polar surface area (TPSA) is 46.3 Å². The molecule has 1 heterocycles. The molecule has 0 aromatic heterocycles. The number of nitrogens with zero attached hydrogens (tertiary/aromatic N) is 1. The Bertz CT molecular complexity index is 153. The summed E-state index contributed by atoms with van der Waals surface area (Å²) in [7, 11) is 0. The van der Waals surface area contributed by atoms with Gasteiger partial charge in [-0.05, 0) is 6.42 Å². The fourth-order valence-electron chi connectivity index (χ4n) is 1.33. The summed E-state index contributed by atoms with van der Waals surface area (Å²) in [6, 6.07) is -0.192. The van der Waals surface area contributed by atoms with Crippen LogP contribution in [0.15, 0.2) is 0 Å². The van der Waals surface area contributed by atoms with Gasteiger partial charge < -0.3 is 10.6 Å². The molecule has 0 aromatic carbocycles. The van der Waals surface area contributed by atoms with Crippen molar-refractivity contribution in [2.45, 2.75) is 25.6 Å². The lowest BCUT2D eigenvalue weighted by Gasteiger charge is -2.32. The molecule has 0 saturated carbocycles. The van der Waals surface area contributed by atoms with Crippen LogP contribution in [0.2, 0.25) is 0 Å². The Morgan fingerprint density at radius 3 is 2.73 bits per heavy atom. The molecule has 2 atom stereocenters. The smallest absolute Gasteiger partial charge is 0.219 e. The number of hydrogen-bond donors (Lipinski definition) is 1. The Labute approximate surface area is 65.3 Å². The number of rotatable bonds is 0. The normalized spacial score (nSPS) is 32.1. The molecule has 0 aliphatic carbocycles. The van der Waals surface area contributed by atoms with Gasteiger partial charge in [0, 0.05) is 19.5 Å². The first-order valence-electron chi connectivity index (χ1n) is 3.74. The molecule has 0 unspecified atom stereocenters. The van der Waals surface area contributed by atoms with Crippen LogP contribution < -0.4 is 5.73 Å². The van der Waals surface area contributed by atoms with Gasteiger partial charge in [-0.3, -0.25) is 4.79 Å². The average molecular weight is 160 g/mol. The summed E-state index contributed by atoms with van der Waals surface area (Å²) in [6.07, 6.45) is -0.563. The summed E-state index contributed by atoms with van der Waals surface area (Å²) < 4.78 is 12.8. The van der Waals surface area contributed by atoms with Gasteiger partial charge in [0.05, 0.1) is 6.54 Å². The van der Waals surface area contributed by atoms with Crippen LogP contribution in [0, 0.1) is 0 Å². The molecule has 1 saturated heterocycles. The van der Waals surface area contributed by atoms with Gasteiger partial charge >= 0.3 is 0 Å². The lowest BCUT2D eigenvalue weighted by molar-refractivity contribution is -0.131. The molecule has 1 aliphatic heterocycles. The van der Waals surface area contributed by atoms with Crippen LogP contribution in [-0.2, 0) is 4.79 Å². The Balaban J connectivity index is 2.49. The van der Waals surface area contributed by atoms with Crippen molar-refractivity contribution in [1.82, 2.24) is 4.90 Å². The summed E-state index contributed by atoms with van der Waals surface area (Å²) in [5.41, 5.74) is 5.52. The molecule has 0 radical (unpaired) electrons. The first kappa shape index (κ1) is 8.46. The molecule has 64 valence electrons. The zero-order chi connectivity index (χ0) is 8.43.